The maximum atomic E-state index is 12.2. The van der Waals surface area contributed by atoms with Crippen LogP contribution in [0, 0.1) is 33.6 Å². The summed E-state index contributed by atoms with van der Waals surface area (Å²) in [5.74, 6) is 0.374. The molecule has 1 N–H and O–H groups in total. The summed E-state index contributed by atoms with van der Waals surface area (Å²) < 4.78 is 1.90. The smallest absolute Gasteiger partial charge is 0.230 e. The molecule has 0 bridgehead atoms. The van der Waals surface area contributed by atoms with Gasteiger partial charge in [0.1, 0.15) is 5.82 Å². The van der Waals surface area contributed by atoms with Gasteiger partial charge < -0.3 is 5.32 Å². The SMILES string of the molecule is Cc1ccnc(NC(=O)[C@@H](C)Cn2nc(C)c(C)c2C)c1. The molecule has 2 aromatic heterocycles. The van der Waals surface area contributed by atoms with Gasteiger partial charge in [0.15, 0.2) is 0 Å². The van der Waals surface area contributed by atoms with E-state index in [9.17, 15) is 4.79 Å². The maximum Gasteiger partial charge on any atom is 0.230 e. The van der Waals surface area contributed by atoms with E-state index < -0.39 is 0 Å². The Balaban J connectivity index is 2.04. The third-order valence-corrected chi connectivity index (χ3v) is 3.80. The minimum absolute atomic E-state index is 0.0432. The van der Waals surface area contributed by atoms with Crippen molar-refractivity contribution in [1.29, 1.82) is 0 Å². The molecule has 0 aliphatic carbocycles. The van der Waals surface area contributed by atoms with Crippen LogP contribution < -0.4 is 5.32 Å². The molecule has 2 rings (SSSR count). The molecule has 1 amide bonds. The first-order valence-corrected chi connectivity index (χ1v) is 7.12. The van der Waals surface area contributed by atoms with Gasteiger partial charge in [-0.1, -0.05) is 6.92 Å². The van der Waals surface area contributed by atoms with Gasteiger partial charge >= 0.3 is 0 Å². The van der Waals surface area contributed by atoms with E-state index in [1.54, 1.807) is 6.20 Å². The van der Waals surface area contributed by atoms with Gasteiger partial charge in [0.25, 0.3) is 0 Å². The number of anilines is 1. The predicted molar refractivity (Wildman–Crippen MR) is 83.2 cm³/mol. The van der Waals surface area contributed by atoms with E-state index in [1.165, 1.54) is 5.56 Å². The normalized spacial score (nSPS) is 12.2. The van der Waals surface area contributed by atoms with Crippen LogP contribution in [0.4, 0.5) is 5.82 Å². The van der Waals surface area contributed by atoms with Gasteiger partial charge in [-0.25, -0.2) is 4.98 Å². The molecule has 5 nitrogen and oxygen atoms in total. The molecule has 5 heteroatoms. The van der Waals surface area contributed by atoms with Gasteiger partial charge in [-0.2, -0.15) is 5.10 Å². The van der Waals surface area contributed by atoms with Crippen molar-refractivity contribution >= 4 is 11.7 Å². The van der Waals surface area contributed by atoms with E-state index in [1.807, 2.05) is 44.5 Å². The van der Waals surface area contributed by atoms with Gasteiger partial charge in [0, 0.05) is 11.9 Å². The van der Waals surface area contributed by atoms with Crippen LogP contribution in [0.1, 0.15) is 29.4 Å². The van der Waals surface area contributed by atoms with Crippen molar-refractivity contribution in [2.75, 3.05) is 5.32 Å². The largest absolute Gasteiger partial charge is 0.310 e. The third-order valence-electron chi connectivity index (χ3n) is 3.80. The van der Waals surface area contributed by atoms with Crippen LogP contribution in [-0.2, 0) is 11.3 Å². The first-order chi connectivity index (χ1) is 9.88. The first-order valence-electron chi connectivity index (χ1n) is 7.12. The molecular formula is C16H22N4O. The fraction of sp³-hybridized carbons (Fsp3) is 0.438. The minimum atomic E-state index is -0.176. The highest BCUT2D eigenvalue weighted by atomic mass is 16.1. The number of hydrogen-bond acceptors (Lipinski definition) is 3. The molecule has 2 heterocycles. The molecule has 2 aromatic rings. The Hall–Kier alpha value is -2.17. The summed E-state index contributed by atoms with van der Waals surface area (Å²) in [6, 6.07) is 3.76. The lowest BCUT2D eigenvalue weighted by Crippen LogP contribution is -2.25. The average molecular weight is 286 g/mol. The summed E-state index contributed by atoms with van der Waals surface area (Å²) in [6.45, 7) is 10.5. The van der Waals surface area contributed by atoms with E-state index in [4.69, 9.17) is 0 Å². The summed E-state index contributed by atoms with van der Waals surface area (Å²) >= 11 is 0. The second-order valence-electron chi connectivity index (χ2n) is 5.59. The molecule has 0 radical (unpaired) electrons. The number of aryl methyl sites for hydroxylation is 2. The van der Waals surface area contributed by atoms with E-state index in [0.717, 1.165) is 17.0 Å². The Kier molecular flexibility index (Phi) is 4.40. The highest BCUT2D eigenvalue weighted by Gasteiger charge is 2.17. The zero-order valence-electron chi connectivity index (χ0n) is 13.3. The van der Waals surface area contributed by atoms with Crippen LogP contribution in [-0.4, -0.2) is 20.7 Å². The second kappa shape index (κ2) is 6.08. The first kappa shape index (κ1) is 15.2. The van der Waals surface area contributed by atoms with E-state index in [0.29, 0.717) is 12.4 Å². The molecule has 0 unspecified atom stereocenters. The third kappa shape index (κ3) is 3.48. The molecule has 0 aromatic carbocycles. The van der Waals surface area contributed by atoms with Gasteiger partial charge in [0.05, 0.1) is 18.2 Å². The molecule has 112 valence electrons. The number of carbonyl (C=O) groups is 1. The minimum Gasteiger partial charge on any atom is -0.310 e. The van der Waals surface area contributed by atoms with Crippen molar-refractivity contribution < 1.29 is 4.79 Å². The maximum absolute atomic E-state index is 12.2. The fourth-order valence-electron chi connectivity index (χ4n) is 2.16. The van der Waals surface area contributed by atoms with Crippen molar-refractivity contribution in [3.8, 4) is 0 Å². The van der Waals surface area contributed by atoms with Crippen molar-refractivity contribution in [3.05, 3.63) is 40.8 Å². The molecule has 0 aliphatic rings. The van der Waals surface area contributed by atoms with Crippen molar-refractivity contribution in [2.24, 2.45) is 5.92 Å². The number of nitrogens with one attached hydrogen (secondary N) is 1. The number of nitrogens with zero attached hydrogens (tertiary/aromatic N) is 3. The van der Waals surface area contributed by atoms with Crippen LogP contribution in [0.25, 0.3) is 0 Å². The predicted octanol–water partition coefficient (Wildman–Crippen LogP) is 2.79. The Labute approximate surface area is 125 Å². The quantitative estimate of drug-likeness (QED) is 0.940. The lowest BCUT2D eigenvalue weighted by atomic mass is 10.1. The topological polar surface area (TPSA) is 59.8 Å². The average Bonchev–Trinajstić information content (AvgIpc) is 2.66. The number of amides is 1. The number of rotatable bonds is 4. The van der Waals surface area contributed by atoms with Crippen LogP contribution in [0.2, 0.25) is 0 Å². The lowest BCUT2D eigenvalue weighted by molar-refractivity contribution is -0.119. The molecule has 21 heavy (non-hydrogen) atoms. The zero-order valence-corrected chi connectivity index (χ0v) is 13.3. The molecule has 0 saturated carbocycles. The van der Waals surface area contributed by atoms with Crippen molar-refractivity contribution in [3.63, 3.8) is 0 Å². The van der Waals surface area contributed by atoms with Crippen LogP contribution >= 0.6 is 0 Å². The molecular weight excluding hydrogens is 264 g/mol. The summed E-state index contributed by atoms with van der Waals surface area (Å²) in [5.41, 5.74) is 4.38. The Morgan fingerprint density at radius 3 is 2.62 bits per heavy atom. The second-order valence-corrected chi connectivity index (χ2v) is 5.59. The van der Waals surface area contributed by atoms with Gasteiger partial charge in [0.2, 0.25) is 5.91 Å². The van der Waals surface area contributed by atoms with Gasteiger partial charge in [-0.3, -0.25) is 9.48 Å². The molecule has 0 aliphatic heterocycles. The van der Waals surface area contributed by atoms with Crippen LogP contribution in [0.15, 0.2) is 18.3 Å². The molecule has 0 saturated heterocycles. The van der Waals surface area contributed by atoms with Gasteiger partial charge in [-0.15, -0.1) is 0 Å². The fourth-order valence-corrected chi connectivity index (χ4v) is 2.16. The van der Waals surface area contributed by atoms with Crippen LogP contribution in [0.3, 0.4) is 0 Å². The van der Waals surface area contributed by atoms with Crippen LogP contribution in [0.5, 0.6) is 0 Å². The highest BCUT2D eigenvalue weighted by molar-refractivity contribution is 5.91. The molecule has 1 atom stereocenters. The van der Waals surface area contributed by atoms with Crippen molar-refractivity contribution in [1.82, 2.24) is 14.8 Å². The number of pyridine rings is 1. The number of carbonyl (C=O) groups excluding carboxylic acids is 1. The summed E-state index contributed by atoms with van der Waals surface area (Å²) in [6.07, 6.45) is 1.69. The zero-order chi connectivity index (χ0) is 15.6. The Morgan fingerprint density at radius 2 is 2.05 bits per heavy atom. The molecule has 0 spiro atoms. The monoisotopic (exact) mass is 286 g/mol. The number of aromatic nitrogens is 3. The summed E-state index contributed by atoms with van der Waals surface area (Å²) in [7, 11) is 0. The highest BCUT2D eigenvalue weighted by Crippen LogP contribution is 2.14. The van der Waals surface area contributed by atoms with Crippen molar-refractivity contribution in [2.45, 2.75) is 41.2 Å². The standard InChI is InChI=1S/C16H22N4O/c1-10-6-7-17-15(8-10)18-16(21)11(2)9-20-14(5)12(3)13(4)19-20/h6-8,11H,9H2,1-5H3,(H,17,18,21)/t11-/m0/s1. The van der Waals surface area contributed by atoms with E-state index in [-0.39, 0.29) is 11.8 Å². The Bertz CT molecular complexity index is 660. The summed E-state index contributed by atoms with van der Waals surface area (Å²) in [5, 5.41) is 7.33. The van der Waals surface area contributed by atoms with E-state index >= 15 is 0 Å². The molecule has 0 fully saturated rings. The van der Waals surface area contributed by atoms with E-state index in [2.05, 4.69) is 22.3 Å². The summed E-state index contributed by atoms with van der Waals surface area (Å²) in [4.78, 5) is 16.4. The lowest BCUT2D eigenvalue weighted by Gasteiger charge is -2.13. The number of hydrogen-bond donors (Lipinski definition) is 1. The Morgan fingerprint density at radius 1 is 1.33 bits per heavy atom. The van der Waals surface area contributed by atoms with Gasteiger partial charge in [-0.05, 0) is 51.0 Å².